The second-order valence-corrected chi connectivity index (χ2v) is 5.62. The molecule has 0 atom stereocenters. The molecule has 2 aromatic rings. The summed E-state index contributed by atoms with van der Waals surface area (Å²) in [5, 5.41) is 2.90. The van der Waals surface area contributed by atoms with Crippen molar-refractivity contribution in [3.05, 3.63) is 64.7 Å². The number of carbonyl (C=O) groups excluding carboxylic acids is 1. The molecule has 0 bridgehead atoms. The van der Waals surface area contributed by atoms with E-state index in [2.05, 4.69) is 5.32 Å². The molecule has 0 saturated heterocycles. The molecule has 1 amide bonds. The van der Waals surface area contributed by atoms with Crippen molar-refractivity contribution in [3.8, 4) is 0 Å². The molecule has 0 aliphatic carbocycles. The molecule has 0 spiro atoms. The van der Waals surface area contributed by atoms with Crippen molar-refractivity contribution in [1.82, 2.24) is 0 Å². The maximum Gasteiger partial charge on any atom is 0.255 e. The topological polar surface area (TPSA) is 55.1 Å². The van der Waals surface area contributed by atoms with Crippen molar-refractivity contribution in [3.63, 3.8) is 0 Å². The fourth-order valence-electron chi connectivity index (χ4n) is 2.05. The normalized spacial score (nSPS) is 10.2. The Bertz CT molecular complexity index is 695. The highest BCUT2D eigenvalue weighted by atomic mass is 32.1. The number of hydrogen-bond acceptors (Lipinski definition) is 2. The number of benzene rings is 2. The van der Waals surface area contributed by atoms with Gasteiger partial charge in [0.1, 0.15) is 0 Å². The zero-order chi connectivity index (χ0) is 15.4. The molecule has 4 heteroatoms. The molecular weight excluding hydrogens is 280 g/mol. The maximum atomic E-state index is 12.3. The van der Waals surface area contributed by atoms with Gasteiger partial charge < -0.3 is 11.1 Å². The van der Waals surface area contributed by atoms with E-state index < -0.39 is 0 Å². The lowest BCUT2D eigenvalue weighted by Crippen LogP contribution is -2.14. The molecule has 21 heavy (non-hydrogen) atoms. The first-order valence-corrected chi connectivity index (χ1v) is 7.12. The smallest absolute Gasteiger partial charge is 0.255 e. The summed E-state index contributed by atoms with van der Waals surface area (Å²) in [6.07, 6.45) is 0.500. The van der Waals surface area contributed by atoms with Gasteiger partial charge in [0, 0.05) is 17.7 Å². The van der Waals surface area contributed by atoms with E-state index >= 15 is 0 Å². The molecule has 0 aliphatic rings. The largest absolute Gasteiger partial charge is 0.393 e. The minimum Gasteiger partial charge on any atom is -0.393 e. The van der Waals surface area contributed by atoms with Crippen molar-refractivity contribution >= 4 is 28.8 Å². The van der Waals surface area contributed by atoms with Crippen LogP contribution in [0.25, 0.3) is 0 Å². The van der Waals surface area contributed by atoms with Gasteiger partial charge >= 0.3 is 0 Å². The fraction of sp³-hybridized carbons (Fsp3) is 0.176. The van der Waals surface area contributed by atoms with Crippen molar-refractivity contribution in [2.75, 3.05) is 5.32 Å². The molecule has 2 rings (SSSR count). The van der Waals surface area contributed by atoms with Gasteiger partial charge in [0.05, 0.1) is 4.99 Å². The molecule has 0 radical (unpaired) electrons. The van der Waals surface area contributed by atoms with Gasteiger partial charge in [-0.3, -0.25) is 4.79 Å². The minimum absolute atomic E-state index is 0.136. The molecule has 3 nitrogen and oxygen atoms in total. The molecule has 2 aromatic carbocycles. The lowest BCUT2D eigenvalue weighted by Gasteiger charge is -2.09. The van der Waals surface area contributed by atoms with Crippen LogP contribution in [0, 0.1) is 13.8 Å². The predicted molar refractivity (Wildman–Crippen MR) is 90.8 cm³/mol. The number of hydrogen-bond donors (Lipinski definition) is 2. The third kappa shape index (κ3) is 4.13. The molecule has 0 aliphatic heterocycles. The first-order valence-electron chi connectivity index (χ1n) is 6.71. The van der Waals surface area contributed by atoms with E-state index in [0.717, 1.165) is 16.8 Å². The maximum absolute atomic E-state index is 12.3. The summed E-state index contributed by atoms with van der Waals surface area (Å²) in [5.41, 5.74) is 10.2. The zero-order valence-electron chi connectivity index (χ0n) is 12.1. The van der Waals surface area contributed by atoms with Crippen molar-refractivity contribution in [1.29, 1.82) is 0 Å². The van der Waals surface area contributed by atoms with E-state index in [-0.39, 0.29) is 5.91 Å². The van der Waals surface area contributed by atoms with Crippen LogP contribution in [0.4, 0.5) is 5.69 Å². The number of amides is 1. The monoisotopic (exact) mass is 298 g/mol. The third-order valence-corrected chi connectivity index (χ3v) is 3.48. The van der Waals surface area contributed by atoms with Gasteiger partial charge in [0.2, 0.25) is 0 Å². The summed E-state index contributed by atoms with van der Waals surface area (Å²) in [6, 6.07) is 13.2. The first-order chi connectivity index (χ1) is 9.95. The van der Waals surface area contributed by atoms with Crippen LogP contribution in [-0.4, -0.2) is 10.9 Å². The summed E-state index contributed by atoms with van der Waals surface area (Å²) in [4.78, 5) is 12.7. The standard InChI is InChI=1S/C17H18N2OS/c1-11-6-7-15(8-12(11)2)19-17(20)14-5-3-4-13(9-14)10-16(18)21/h3-9H,10H2,1-2H3,(H2,18,21)(H,19,20). The number of aryl methyl sites for hydroxylation is 2. The Labute approximate surface area is 130 Å². The number of rotatable bonds is 4. The van der Waals surface area contributed by atoms with Crippen molar-refractivity contribution < 1.29 is 4.79 Å². The summed E-state index contributed by atoms with van der Waals surface area (Å²) in [5.74, 6) is -0.136. The number of nitrogens with two attached hydrogens (primary N) is 1. The number of thiocarbonyl (C=S) groups is 1. The SMILES string of the molecule is Cc1ccc(NC(=O)c2cccc(CC(N)=S)c2)cc1C. The Morgan fingerprint density at radius 3 is 2.57 bits per heavy atom. The van der Waals surface area contributed by atoms with Gasteiger partial charge in [-0.05, 0) is 54.8 Å². The van der Waals surface area contributed by atoms with Crippen LogP contribution in [0.3, 0.4) is 0 Å². The summed E-state index contributed by atoms with van der Waals surface area (Å²) in [7, 11) is 0. The van der Waals surface area contributed by atoms with Crippen LogP contribution in [0.15, 0.2) is 42.5 Å². The van der Waals surface area contributed by atoms with Gasteiger partial charge in [-0.15, -0.1) is 0 Å². The van der Waals surface area contributed by atoms with Gasteiger partial charge in [0.15, 0.2) is 0 Å². The van der Waals surface area contributed by atoms with Gasteiger partial charge in [0.25, 0.3) is 5.91 Å². The predicted octanol–water partition coefficient (Wildman–Crippen LogP) is 3.38. The highest BCUT2D eigenvalue weighted by Crippen LogP contribution is 2.16. The van der Waals surface area contributed by atoms with Gasteiger partial charge in [-0.25, -0.2) is 0 Å². The second kappa shape index (κ2) is 6.50. The van der Waals surface area contributed by atoms with Crippen LogP contribution in [-0.2, 0) is 6.42 Å². The van der Waals surface area contributed by atoms with Crippen molar-refractivity contribution in [2.24, 2.45) is 5.73 Å². The van der Waals surface area contributed by atoms with Gasteiger partial charge in [-0.2, -0.15) is 0 Å². The van der Waals surface area contributed by atoms with E-state index in [0.29, 0.717) is 17.0 Å². The van der Waals surface area contributed by atoms with Crippen LogP contribution < -0.4 is 11.1 Å². The van der Waals surface area contributed by atoms with Crippen LogP contribution in [0.5, 0.6) is 0 Å². The number of nitrogens with one attached hydrogen (secondary N) is 1. The summed E-state index contributed by atoms with van der Waals surface area (Å²) in [6.45, 7) is 4.06. The van der Waals surface area contributed by atoms with Crippen LogP contribution in [0.1, 0.15) is 27.0 Å². The fourth-order valence-corrected chi connectivity index (χ4v) is 2.21. The lowest BCUT2D eigenvalue weighted by atomic mass is 10.1. The van der Waals surface area contributed by atoms with Gasteiger partial charge in [-0.1, -0.05) is 30.4 Å². The molecule has 3 N–H and O–H groups in total. The molecular formula is C17H18N2OS. The summed E-state index contributed by atoms with van der Waals surface area (Å²) < 4.78 is 0. The van der Waals surface area contributed by atoms with E-state index in [4.69, 9.17) is 18.0 Å². The third-order valence-electron chi connectivity index (χ3n) is 3.33. The average Bonchev–Trinajstić information content (AvgIpc) is 2.42. The zero-order valence-corrected chi connectivity index (χ0v) is 13.0. The molecule has 108 valence electrons. The quantitative estimate of drug-likeness (QED) is 0.851. The molecule has 0 unspecified atom stereocenters. The van der Waals surface area contributed by atoms with E-state index in [1.165, 1.54) is 5.56 Å². The Hall–Kier alpha value is -2.20. The Balaban J connectivity index is 2.16. The van der Waals surface area contributed by atoms with Crippen LogP contribution in [0.2, 0.25) is 0 Å². The van der Waals surface area contributed by atoms with E-state index in [1.54, 1.807) is 6.07 Å². The average molecular weight is 298 g/mol. The Kier molecular flexibility index (Phi) is 4.70. The molecule has 0 heterocycles. The summed E-state index contributed by atoms with van der Waals surface area (Å²) >= 11 is 4.90. The highest BCUT2D eigenvalue weighted by molar-refractivity contribution is 7.80. The van der Waals surface area contributed by atoms with E-state index in [9.17, 15) is 4.79 Å². The van der Waals surface area contributed by atoms with E-state index in [1.807, 2.05) is 50.2 Å². The minimum atomic E-state index is -0.136. The molecule has 0 saturated carbocycles. The number of anilines is 1. The second-order valence-electron chi connectivity index (χ2n) is 5.10. The lowest BCUT2D eigenvalue weighted by molar-refractivity contribution is 0.102. The van der Waals surface area contributed by atoms with Crippen molar-refractivity contribution in [2.45, 2.75) is 20.3 Å². The highest BCUT2D eigenvalue weighted by Gasteiger charge is 2.07. The first kappa shape index (κ1) is 15.2. The number of carbonyl (C=O) groups is 1. The molecule has 0 fully saturated rings. The molecule has 0 aromatic heterocycles. The van der Waals surface area contributed by atoms with Crippen LogP contribution >= 0.6 is 12.2 Å². The Morgan fingerprint density at radius 1 is 1.14 bits per heavy atom. The Morgan fingerprint density at radius 2 is 1.90 bits per heavy atom.